The van der Waals surface area contributed by atoms with Crippen LogP contribution in [-0.2, 0) is 24.2 Å². The molecule has 1 aromatic heterocycles. The van der Waals surface area contributed by atoms with Crippen molar-refractivity contribution in [3.8, 4) is 11.1 Å². The van der Waals surface area contributed by atoms with Crippen molar-refractivity contribution in [3.05, 3.63) is 64.8 Å². The second-order valence-corrected chi connectivity index (χ2v) is 7.05. The first-order valence-electron chi connectivity index (χ1n) is 9.53. The Hall–Kier alpha value is -2.14. The largest absolute Gasteiger partial charge is 0.370 e. The molecule has 0 spiro atoms. The zero-order valence-electron chi connectivity index (χ0n) is 16.9. The second kappa shape index (κ2) is 11.1. The van der Waals surface area contributed by atoms with E-state index in [4.69, 9.17) is 16.5 Å². The predicted octanol–water partition coefficient (Wildman–Crippen LogP) is 4.88. The van der Waals surface area contributed by atoms with Crippen molar-refractivity contribution >= 4 is 41.6 Å². The first-order valence-corrected chi connectivity index (χ1v) is 9.53. The standard InChI is InChI=1S/C23H27N3O.2ClH/c1-3-4-20-19(14-24)23(17-9-5-15(2)6-10-17)18-13-16(8-12-22(25)27)7-11-21(18)26-20;;/h5-7,9-11,13H,3-4,8,12,14,24H2,1-2H3,(H2,25,27);2*1H. The van der Waals surface area contributed by atoms with Gasteiger partial charge in [0.1, 0.15) is 0 Å². The van der Waals surface area contributed by atoms with Gasteiger partial charge in [0.15, 0.2) is 0 Å². The Labute approximate surface area is 184 Å². The Balaban J connectivity index is 0.00000210. The van der Waals surface area contributed by atoms with E-state index in [-0.39, 0.29) is 30.7 Å². The highest BCUT2D eigenvalue weighted by Crippen LogP contribution is 2.34. The molecule has 156 valence electrons. The monoisotopic (exact) mass is 433 g/mol. The fourth-order valence-electron chi connectivity index (χ4n) is 3.54. The van der Waals surface area contributed by atoms with E-state index in [0.717, 1.165) is 51.7 Å². The van der Waals surface area contributed by atoms with Gasteiger partial charge in [-0.25, -0.2) is 0 Å². The summed E-state index contributed by atoms with van der Waals surface area (Å²) >= 11 is 0. The number of aryl methyl sites for hydroxylation is 3. The summed E-state index contributed by atoms with van der Waals surface area (Å²) < 4.78 is 0. The first kappa shape index (κ1) is 24.9. The number of fused-ring (bicyclic) bond motifs is 1. The molecule has 3 aromatic rings. The molecule has 0 radical (unpaired) electrons. The van der Waals surface area contributed by atoms with Gasteiger partial charge in [-0.1, -0.05) is 49.2 Å². The summed E-state index contributed by atoms with van der Waals surface area (Å²) in [5, 5.41) is 1.08. The molecule has 2 aromatic carbocycles. The van der Waals surface area contributed by atoms with Crippen molar-refractivity contribution in [2.75, 3.05) is 0 Å². The van der Waals surface area contributed by atoms with Gasteiger partial charge >= 0.3 is 0 Å². The lowest BCUT2D eigenvalue weighted by Gasteiger charge is -2.17. The predicted molar refractivity (Wildman–Crippen MR) is 126 cm³/mol. The number of hydrogen-bond acceptors (Lipinski definition) is 3. The van der Waals surface area contributed by atoms with Gasteiger partial charge in [-0.3, -0.25) is 9.78 Å². The summed E-state index contributed by atoms with van der Waals surface area (Å²) in [4.78, 5) is 16.1. The number of primary amides is 1. The molecule has 0 saturated heterocycles. The van der Waals surface area contributed by atoms with Crippen LogP contribution in [0.15, 0.2) is 42.5 Å². The average Bonchev–Trinajstić information content (AvgIpc) is 2.66. The number of nitrogens with two attached hydrogens (primary N) is 2. The van der Waals surface area contributed by atoms with E-state index in [1.807, 2.05) is 12.1 Å². The van der Waals surface area contributed by atoms with Crippen LogP contribution in [0.4, 0.5) is 0 Å². The van der Waals surface area contributed by atoms with Crippen molar-refractivity contribution in [2.24, 2.45) is 11.5 Å². The van der Waals surface area contributed by atoms with Crippen molar-refractivity contribution in [1.82, 2.24) is 4.98 Å². The third-order valence-electron chi connectivity index (χ3n) is 4.93. The number of pyridine rings is 1. The Morgan fingerprint density at radius 3 is 2.31 bits per heavy atom. The molecule has 4 N–H and O–H groups in total. The van der Waals surface area contributed by atoms with E-state index < -0.39 is 0 Å². The van der Waals surface area contributed by atoms with Crippen molar-refractivity contribution in [2.45, 2.75) is 46.1 Å². The van der Waals surface area contributed by atoms with Crippen LogP contribution in [0.3, 0.4) is 0 Å². The topological polar surface area (TPSA) is 82.0 Å². The number of halogens is 2. The summed E-state index contributed by atoms with van der Waals surface area (Å²) in [6, 6.07) is 14.8. The highest BCUT2D eigenvalue weighted by molar-refractivity contribution is 5.97. The Morgan fingerprint density at radius 2 is 1.72 bits per heavy atom. The molecule has 29 heavy (non-hydrogen) atoms. The number of aromatic nitrogens is 1. The molecule has 1 heterocycles. The number of benzene rings is 2. The summed E-state index contributed by atoms with van der Waals surface area (Å²) in [7, 11) is 0. The minimum atomic E-state index is -0.284. The molecule has 0 atom stereocenters. The first-order chi connectivity index (χ1) is 13.0. The molecular weight excluding hydrogens is 405 g/mol. The van der Waals surface area contributed by atoms with Gasteiger partial charge in [0.25, 0.3) is 0 Å². The molecule has 0 aliphatic rings. The van der Waals surface area contributed by atoms with Gasteiger partial charge in [0, 0.05) is 24.0 Å². The lowest BCUT2D eigenvalue weighted by Crippen LogP contribution is -2.11. The smallest absolute Gasteiger partial charge is 0.217 e. The molecule has 0 aliphatic heterocycles. The van der Waals surface area contributed by atoms with Crippen molar-refractivity contribution in [1.29, 1.82) is 0 Å². The maximum Gasteiger partial charge on any atom is 0.217 e. The molecule has 0 bridgehead atoms. The van der Waals surface area contributed by atoms with Gasteiger partial charge in [-0.15, -0.1) is 24.8 Å². The normalized spacial score (nSPS) is 10.3. The summed E-state index contributed by atoms with van der Waals surface area (Å²) in [5.74, 6) is -0.284. The molecular formula is C23H29Cl2N3O. The van der Waals surface area contributed by atoms with Crippen LogP contribution >= 0.6 is 24.8 Å². The number of carbonyl (C=O) groups is 1. The molecule has 4 nitrogen and oxygen atoms in total. The zero-order chi connectivity index (χ0) is 19.4. The highest BCUT2D eigenvalue weighted by atomic mass is 35.5. The van der Waals surface area contributed by atoms with Crippen molar-refractivity contribution < 1.29 is 4.79 Å². The SMILES string of the molecule is CCCc1nc2ccc(CCC(N)=O)cc2c(-c2ccc(C)cc2)c1CN.Cl.Cl. The van der Waals surface area contributed by atoms with E-state index in [1.165, 1.54) is 5.56 Å². The fourth-order valence-corrected chi connectivity index (χ4v) is 3.54. The quantitative estimate of drug-likeness (QED) is 0.556. The summed E-state index contributed by atoms with van der Waals surface area (Å²) in [5.41, 5.74) is 19.3. The van der Waals surface area contributed by atoms with E-state index in [2.05, 4.69) is 44.2 Å². The number of amides is 1. The van der Waals surface area contributed by atoms with Crippen LogP contribution in [0, 0.1) is 6.92 Å². The Morgan fingerprint density at radius 1 is 1.03 bits per heavy atom. The van der Waals surface area contributed by atoms with Gasteiger partial charge in [0.2, 0.25) is 5.91 Å². The zero-order valence-corrected chi connectivity index (χ0v) is 18.5. The second-order valence-electron chi connectivity index (χ2n) is 7.05. The van der Waals surface area contributed by atoms with Crippen LogP contribution in [0.25, 0.3) is 22.0 Å². The maximum atomic E-state index is 11.2. The van der Waals surface area contributed by atoms with Crippen LogP contribution in [0.1, 0.15) is 42.1 Å². The van der Waals surface area contributed by atoms with E-state index in [9.17, 15) is 4.79 Å². The average molecular weight is 434 g/mol. The van der Waals surface area contributed by atoms with Crippen LogP contribution in [0.2, 0.25) is 0 Å². The number of hydrogen-bond donors (Lipinski definition) is 2. The molecule has 3 rings (SSSR count). The molecule has 0 saturated carbocycles. The minimum Gasteiger partial charge on any atom is -0.370 e. The third-order valence-corrected chi connectivity index (χ3v) is 4.93. The Bertz CT molecular complexity index is 972. The molecule has 0 aliphatic carbocycles. The molecule has 0 fully saturated rings. The lowest BCUT2D eigenvalue weighted by molar-refractivity contribution is -0.117. The van der Waals surface area contributed by atoms with Crippen LogP contribution in [-0.4, -0.2) is 10.9 Å². The van der Waals surface area contributed by atoms with E-state index in [0.29, 0.717) is 19.4 Å². The number of nitrogens with zero attached hydrogens (tertiary/aromatic N) is 1. The number of carbonyl (C=O) groups excluding carboxylic acids is 1. The summed E-state index contributed by atoms with van der Waals surface area (Å²) in [6.45, 7) is 4.69. The minimum absolute atomic E-state index is 0. The molecule has 6 heteroatoms. The van der Waals surface area contributed by atoms with Gasteiger partial charge in [-0.05, 0) is 54.2 Å². The van der Waals surface area contributed by atoms with Gasteiger partial charge in [0.05, 0.1) is 5.52 Å². The van der Waals surface area contributed by atoms with Crippen LogP contribution in [0.5, 0.6) is 0 Å². The van der Waals surface area contributed by atoms with E-state index in [1.54, 1.807) is 0 Å². The van der Waals surface area contributed by atoms with Gasteiger partial charge in [-0.2, -0.15) is 0 Å². The third kappa shape index (κ3) is 5.69. The van der Waals surface area contributed by atoms with Crippen LogP contribution < -0.4 is 11.5 Å². The Kier molecular flexibility index (Phi) is 9.57. The number of rotatable bonds is 7. The lowest BCUT2D eigenvalue weighted by atomic mass is 9.91. The molecule has 0 unspecified atom stereocenters. The summed E-state index contributed by atoms with van der Waals surface area (Å²) in [6.07, 6.45) is 2.91. The van der Waals surface area contributed by atoms with E-state index >= 15 is 0 Å². The fraction of sp³-hybridized carbons (Fsp3) is 0.304. The maximum absolute atomic E-state index is 11.2. The molecule has 1 amide bonds. The van der Waals surface area contributed by atoms with Crippen molar-refractivity contribution in [3.63, 3.8) is 0 Å². The van der Waals surface area contributed by atoms with Gasteiger partial charge < -0.3 is 11.5 Å². The highest BCUT2D eigenvalue weighted by Gasteiger charge is 2.16.